The van der Waals surface area contributed by atoms with E-state index in [0.29, 0.717) is 6.54 Å². The van der Waals surface area contributed by atoms with Gasteiger partial charge in [0.25, 0.3) is 0 Å². The molecule has 2 rings (SSSR count). The number of carbonyl (C=O) groups excluding carboxylic acids is 1. The van der Waals surface area contributed by atoms with Gasteiger partial charge in [0.05, 0.1) is 6.61 Å². The van der Waals surface area contributed by atoms with Crippen molar-refractivity contribution in [1.82, 2.24) is 10.6 Å². The molecule has 1 aliphatic rings. The minimum Gasteiger partial charge on any atom is -0.395 e. The summed E-state index contributed by atoms with van der Waals surface area (Å²) in [4.78, 5) is 11.4. The van der Waals surface area contributed by atoms with Crippen LogP contribution in [0.1, 0.15) is 18.4 Å². The number of carbonyl (C=O) groups is 1. The number of aliphatic hydroxyl groups is 1. The van der Waals surface area contributed by atoms with Crippen LogP contribution in [-0.4, -0.2) is 30.8 Å². The van der Waals surface area contributed by atoms with E-state index < -0.39 is 0 Å². The summed E-state index contributed by atoms with van der Waals surface area (Å²) in [5.41, 5.74) is 1.02. The molecule has 2 amide bonds. The average Bonchev–Trinajstić information content (AvgIpc) is 3.16. The van der Waals surface area contributed by atoms with Gasteiger partial charge in [-0.05, 0) is 30.5 Å². The number of rotatable bonds is 5. The van der Waals surface area contributed by atoms with Crippen molar-refractivity contribution in [3.63, 3.8) is 0 Å². The molecule has 0 bridgehead atoms. The highest BCUT2D eigenvalue weighted by molar-refractivity contribution is 5.74. The van der Waals surface area contributed by atoms with Gasteiger partial charge >= 0.3 is 6.03 Å². The third-order valence-corrected chi connectivity index (χ3v) is 3.29. The third kappa shape index (κ3) is 2.98. The minimum absolute atomic E-state index is 0.0374. The van der Waals surface area contributed by atoms with Crippen molar-refractivity contribution in [2.45, 2.75) is 18.3 Å². The summed E-state index contributed by atoms with van der Waals surface area (Å²) in [6.45, 7) is 0.710. The van der Waals surface area contributed by atoms with E-state index in [-0.39, 0.29) is 30.4 Å². The maximum atomic E-state index is 12.8. The maximum Gasteiger partial charge on any atom is 0.314 e. The van der Waals surface area contributed by atoms with Gasteiger partial charge in [0.1, 0.15) is 5.82 Å². The van der Waals surface area contributed by atoms with E-state index in [1.807, 2.05) is 0 Å². The zero-order valence-electron chi connectivity index (χ0n) is 10.1. The van der Waals surface area contributed by atoms with E-state index in [0.717, 1.165) is 18.4 Å². The zero-order valence-corrected chi connectivity index (χ0v) is 10.1. The molecule has 18 heavy (non-hydrogen) atoms. The molecule has 1 aliphatic carbocycles. The molecule has 1 aromatic carbocycles. The highest BCUT2D eigenvalue weighted by Crippen LogP contribution is 2.47. The smallest absolute Gasteiger partial charge is 0.314 e. The second kappa shape index (κ2) is 5.35. The fourth-order valence-corrected chi connectivity index (χ4v) is 2.00. The lowest BCUT2D eigenvalue weighted by Gasteiger charge is -2.16. The topological polar surface area (TPSA) is 61.4 Å². The normalized spacial score (nSPS) is 16.1. The fraction of sp³-hybridized carbons (Fsp3) is 0.462. The van der Waals surface area contributed by atoms with Gasteiger partial charge in [-0.15, -0.1) is 0 Å². The number of hydrogen-bond acceptors (Lipinski definition) is 2. The van der Waals surface area contributed by atoms with Gasteiger partial charge in [-0.1, -0.05) is 12.1 Å². The predicted molar refractivity (Wildman–Crippen MR) is 65.8 cm³/mol. The molecule has 1 fully saturated rings. The van der Waals surface area contributed by atoms with Crippen LogP contribution in [0.2, 0.25) is 0 Å². The molecule has 4 nitrogen and oxygen atoms in total. The summed E-state index contributed by atoms with van der Waals surface area (Å²) in [5.74, 6) is -0.247. The van der Waals surface area contributed by atoms with Gasteiger partial charge in [-0.3, -0.25) is 0 Å². The number of halogens is 1. The molecule has 0 radical (unpaired) electrons. The summed E-state index contributed by atoms with van der Waals surface area (Å²) in [6, 6.07) is 6.16. The molecule has 3 N–H and O–H groups in total. The lowest BCUT2D eigenvalue weighted by molar-refractivity contribution is 0.233. The quantitative estimate of drug-likeness (QED) is 0.736. The van der Waals surface area contributed by atoms with Crippen molar-refractivity contribution in [1.29, 1.82) is 0 Å². The molecule has 0 unspecified atom stereocenters. The maximum absolute atomic E-state index is 12.8. The molecule has 1 aromatic rings. The Labute approximate surface area is 105 Å². The third-order valence-electron chi connectivity index (χ3n) is 3.29. The van der Waals surface area contributed by atoms with Gasteiger partial charge in [-0.2, -0.15) is 0 Å². The second-order valence-corrected chi connectivity index (χ2v) is 4.62. The molecule has 0 spiro atoms. The van der Waals surface area contributed by atoms with Crippen LogP contribution in [0.4, 0.5) is 9.18 Å². The molecule has 0 saturated heterocycles. The Morgan fingerprint density at radius 1 is 1.28 bits per heavy atom. The van der Waals surface area contributed by atoms with E-state index in [4.69, 9.17) is 5.11 Å². The van der Waals surface area contributed by atoms with Crippen molar-refractivity contribution in [3.8, 4) is 0 Å². The first-order chi connectivity index (χ1) is 8.66. The van der Waals surface area contributed by atoms with Crippen molar-refractivity contribution >= 4 is 6.03 Å². The lowest BCUT2D eigenvalue weighted by atomic mass is 9.96. The first-order valence-electron chi connectivity index (χ1n) is 6.05. The van der Waals surface area contributed by atoms with Crippen molar-refractivity contribution in [3.05, 3.63) is 35.6 Å². The second-order valence-electron chi connectivity index (χ2n) is 4.62. The van der Waals surface area contributed by atoms with Gasteiger partial charge in [0.15, 0.2) is 0 Å². The zero-order chi connectivity index (χ0) is 13.0. The Morgan fingerprint density at radius 3 is 2.50 bits per heavy atom. The van der Waals surface area contributed by atoms with Gasteiger partial charge in [-0.25, -0.2) is 9.18 Å². The van der Waals surface area contributed by atoms with Crippen LogP contribution >= 0.6 is 0 Å². The van der Waals surface area contributed by atoms with Crippen LogP contribution in [0.15, 0.2) is 24.3 Å². The Kier molecular flexibility index (Phi) is 3.81. The standard InChI is InChI=1S/C13H17FN2O2/c14-11-3-1-10(2-4-11)13(5-6-13)9-16-12(18)15-7-8-17/h1-4,17H,5-9H2,(H2,15,16,18). The Morgan fingerprint density at radius 2 is 1.94 bits per heavy atom. The first-order valence-corrected chi connectivity index (χ1v) is 6.05. The van der Waals surface area contributed by atoms with Crippen molar-refractivity contribution in [2.75, 3.05) is 19.7 Å². The lowest BCUT2D eigenvalue weighted by Crippen LogP contribution is -2.40. The van der Waals surface area contributed by atoms with Crippen LogP contribution in [-0.2, 0) is 5.41 Å². The molecular weight excluding hydrogens is 235 g/mol. The van der Waals surface area contributed by atoms with Crippen LogP contribution in [0.25, 0.3) is 0 Å². The van der Waals surface area contributed by atoms with Gasteiger partial charge in [0, 0.05) is 18.5 Å². The SMILES string of the molecule is O=C(NCCO)NCC1(c2ccc(F)cc2)CC1. The number of amides is 2. The molecule has 0 heterocycles. The number of benzene rings is 1. The minimum atomic E-state index is -0.280. The molecular formula is C13H17FN2O2. The van der Waals surface area contributed by atoms with Crippen LogP contribution < -0.4 is 10.6 Å². The highest BCUT2D eigenvalue weighted by atomic mass is 19.1. The highest BCUT2D eigenvalue weighted by Gasteiger charge is 2.44. The van der Waals surface area contributed by atoms with Gasteiger partial charge in [0.2, 0.25) is 0 Å². The molecule has 98 valence electrons. The average molecular weight is 252 g/mol. The summed E-state index contributed by atoms with van der Waals surface area (Å²) in [5, 5.41) is 13.9. The number of urea groups is 1. The Balaban J connectivity index is 1.88. The Bertz CT molecular complexity index is 416. The number of hydrogen-bond donors (Lipinski definition) is 3. The van der Waals surface area contributed by atoms with E-state index in [9.17, 15) is 9.18 Å². The van der Waals surface area contributed by atoms with Crippen LogP contribution in [0, 0.1) is 5.82 Å². The summed E-state index contributed by atoms with van der Waals surface area (Å²) in [7, 11) is 0. The van der Waals surface area contributed by atoms with E-state index in [2.05, 4.69) is 10.6 Å². The first kappa shape index (κ1) is 12.8. The largest absolute Gasteiger partial charge is 0.395 e. The molecule has 0 aromatic heterocycles. The molecule has 5 heteroatoms. The summed E-state index contributed by atoms with van der Waals surface area (Å²) in [6.07, 6.45) is 2.00. The van der Waals surface area contributed by atoms with E-state index >= 15 is 0 Å². The van der Waals surface area contributed by atoms with Crippen LogP contribution in [0.5, 0.6) is 0 Å². The predicted octanol–water partition coefficient (Wildman–Crippen LogP) is 1.15. The summed E-state index contributed by atoms with van der Waals surface area (Å²) < 4.78 is 12.8. The fourth-order valence-electron chi connectivity index (χ4n) is 2.00. The monoisotopic (exact) mass is 252 g/mol. The van der Waals surface area contributed by atoms with E-state index in [1.165, 1.54) is 12.1 Å². The van der Waals surface area contributed by atoms with Crippen molar-refractivity contribution < 1.29 is 14.3 Å². The Hall–Kier alpha value is -1.62. The van der Waals surface area contributed by atoms with Gasteiger partial charge < -0.3 is 15.7 Å². The molecule has 1 saturated carbocycles. The van der Waals surface area contributed by atoms with E-state index in [1.54, 1.807) is 12.1 Å². The number of nitrogens with one attached hydrogen (secondary N) is 2. The molecule has 0 atom stereocenters. The summed E-state index contributed by atoms with van der Waals surface area (Å²) >= 11 is 0. The molecule has 0 aliphatic heterocycles. The van der Waals surface area contributed by atoms with Crippen LogP contribution in [0.3, 0.4) is 0 Å². The van der Waals surface area contributed by atoms with Crippen molar-refractivity contribution in [2.24, 2.45) is 0 Å². The number of aliphatic hydroxyl groups excluding tert-OH is 1.